The summed E-state index contributed by atoms with van der Waals surface area (Å²) in [4.78, 5) is 0. The van der Waals surface area contributed by atoms with Gasteiger partial charge in [-0.25, -0.2) is 0 Å². The lowest BCUT2D eigenvalue weighted by molar-refractivity contribution is 0.483. The zero-order valence-electron chi connectivity index (χ0n) is 9.26. The first kappa shape index (κ1) is 14.2. The highest BCUT2D eigenvalue weighted by Crippen LogP contribution is 2.30. The second-order valence-corrected chi connectivity index (χ2v) is 3.84. The molecule has 0 spiro atoms. The van der Waals surface area contributed by atoms with Gasteiger partial charge in [0, 0.05) is 5.69 Å². The molecule has 0 aliphatic rings. The van der Waals surface area contributed by atoms with Gasteiger partial charge < -0.3 is 10.5 Å². The van der Waals surface area contributed by atoms with E-state index in [9.17, 15) is 0 Å². The van der Waals surface area contributed by atoms with Gasteiger partial charge in [0.1, 0.15) is 11.5 Å². The number of hydrogen-bond donors (Lipinski definition) is 1. The number of halogens is 2. The van der Waals surface area contributed by atoms with Gasteiger partial charge in [-0.3, -0.25) is 0 Å². The van der Waals surface area contributed by atoms with Crippen molar-refractivity contribution in [2.24, 2.45) is 0 Å². The van der Waals surface area contributed by atoms with Crippen LogP contribution in [-0.4, -0.2) is 0 Å². The van der Waals surface area contributed by atoms with Gasteiger partial charge in [-0.2, -0.15) is 5.26 Å². The maximum Gasteiger partial charge on any atom is 0.146 e. The molecule has 2 aromatic carbocycles. The van der Waals surface area contributed by atoms with Gasteiger partial charge >= 0.3 is 0 Å². The molecule has 0 aromatic heterocycles. The average Bonchev–Trinajstić information content (AvgIpc) is 2.34. The van der Waals surface area contributed by atoms with Crippen LogP contribution in [-0.2, 0) is 0 Å². The number of anilines is 1. The number of benzene rings is 2. The van der Waals surface area contributed by atoms with E-state index in [1.54, 1.807) is 42.5 Å². The second kappa shape index (κ2) is 6.15. The third kappa shape index (κ3) is 3.30. The fraction of sp³-hybridized carbons (Fsp3) is 0. The number of hydrogen-bond acceptors (Lipinski definition) is 3. The van der Waals surface area contributed by atoms with Crippen molar-refractivity contribution in [1.82, 2.24) is 0 Å². The molecular weight excluding hydrogens is 271 g/mol. The minimum Gasteiger partial charge on any atom is -0.456 e. The van der Waals surface area contributed by atoms with Gasteiger partial charge in [-0.05, 0) is 42.5 Å². The molecule has 0 bridgehead atoms. The topological polar surface area (TPSA) is 59.0 Å². The second-order valence-electron chi connectivity index (χ2n) is 3.43. The molecule has 2 aromatic rings. The highest BCUT2D eigenvalue weighted by Gasteiger charge is 2.03. The fourth-order valence-electron chi connectivity index (χ4n) is 1.32. The summed E-state index contributed by atoms with van der Waals surface area (Å²) < 4.78 is 5.57. The highest BCUT2D eigenvalue weighted by atomic mass is 35.5. The smallest absolute Gasteiger partial charge is 0.146 e. The SMILES string of the molecule is Cl.N#Cc1ccc(Oc2ccc(N)cc2Cl)cc1. The zero-order valence-corrected chi connectivity index (χ0v) is 10.8. The van der Waals surface area contributed by atoms with Gasteiger partial charge in [-0.1, -0.05) is 11.6 Å². The number of ether oxygens (including phenoxy) is 1. The minimum absolute atomic E-state index is 0. The maximum atomic E-state index is 8.67. The van der Waals surface area contributed by atoms with Crippen LogP contribution in [0.5, 0.6) is 11.5 Å². The van der Waals surface area contributed by atoms with Crippen LogP contribution < -0.4 is 10.5 Å². The van der Waals surface area contributed by atoms with Gasteiger partial charge in [0.25, 0.3) is 0 Å². The number of rotatable bonds is 2. The molecule has 0 saturated carbocycles. The Hall–Kier alpha value is -1.89. The molecule has 0 heterocycles. The molecule has 0 saturated heterocycles. The van der Waals surface area contributed by atoms with E-state index in [1.807, 2.05) is 6.07 Å². The lowest BCUT2D eigenvalue weighted by atomic mass is 10.2. The molecule has 0 fully saturated rings. The van der Waals surface area contributed by atoms with Crippen molar-refractivity contribution in [3.05, 3.63) is 53.1 Å². The largest absolute Gasteiger partial charge is 0.456 e. The molecule has 3 nitrogen and oxygen atoms in total. The summed E-state index contributed by atoms with van der Waals surface area (Å²) in [6, 6.07) is 13.9. The van der Waals surface area contributed by atoms with Crippen molar-refractivity contribution in [2.75, 3.05) is 5.73 Å². The first-order valence-electron chi connectivity index (χ1n) is 4.92. The third-order valence-electron chi connectivity index (χ3n) is 2.17. The quantitative estimate of drug-likeness (QED) is 0.846. The molecule has 2 rings (SSSR count). The number of nitrogens with two attached hydrogens (primary N) is 1. The predicted octanol–water partition coefficient (Wildman–Crippen LogP) is 4.01. The van der Waals surface area contributed by atoms with Crippen LogP contribution in [0.25, 0.3) is 0 Å². The van der Waals surface area contributed by atoms with Crippen LogP contribution >= 0.6 is 24.0 Å². The van der Waals surface area contributed by atoms with Gasteiger partial charge in [0.2, 0.25) is 0 Å². The summed E-state index contributed by atoms with van der Waals surface area (Å²) in [7, 11) is 0. The summed E-state index contributed by atoms with van der Waals surface area (Å²) in [5.41, 5.74) is 6.75. The van der Waals surface area contributed by atoms with Crippen molar-refractivity contribution in [1.29, 1.82) is 5.26 Å². The van der Waals surface area contributed by atoms with Crippen LogP contribution in [0.2, 0.25) is 5.02 Å². The Morgan fingerprint density at radius 2 is 1.78 bits per heavy atom. The number of nitrogen functional groups attached to an aromatic ring is 1. The molecule has 0 aliphatic heterocycles. The van der Waals surface area contributed by atoms with Gasteiger partial charge in [-0.15, -0.1) is 12.4 Å². The molecule has 0 radical (unpaired) electrons. The van der Waals surface area contributed by atoms with Crippen LogP contribution in [0.3, 0.4) is 0 Å². The van der Waals surface area contributed by atoms with Crippen molar-refractivity contribution in [3.63, 3.8) is 0 Å². The Bertz CT molecular complexity index is 577. The van der Waals surface area contributed by atoms with Gasteiger partial charge in [0.15, 0.2) is 0 Å². The van der Waals surface area contributed by atoms with E-state index in [4.69, 9.17) is 27.3 Å². The van der Waals surface area contributed by atoms with E-state index in [0.717, 1.165) is 0 Å². The first-order valence-corrected chi connectivity index (χ1v) is 5.30. The van der Waals surface area contributed by atoms with E-state index in [2.05, 4.69) is 0 Å². The van der Waals surface area contributed by atoms with Crippen molar-refractivity contribution in [2.45, 2.75) is 0 Å². The monoisotopic (exact) mass is 280 g/mol. The maximum absolute atomic E-state index is 8.67. The minimum atomic E-state index is 0. The Morgan fingerprint density at radius 1 is 1.11 bits per heavy atom. The van der Waals surface area contributed by atoms with Crippen molar-refractivity contribution < 1.29 is 4.74 Å². The molecule has 18 heavy (non-hydrogen) atoms. The highest BCUT2D eigenvalue weighted by molar-refractivity contribution is 6.32. The molecule has 92 valence electrons. The molecule has 0 atom stereocenters. The van der Waals surface area contributed by atoms with Gasteiger partial charge in [0.05, 0.1) is 16.7 Å². The first-order chi connectivity index (χ1) is 8.19. The summed E-state index contributed by atoms with van der Waals surface area (Å²) in [5.74, 6) is 1.15. The van der Waals surface area contributed by atoms with E-state index in [0.29, 0.717) is 27.8 Å². The molecule has 2 N–H and O–H groups in total. The Labute approximate surface area is 116 Å². The van der Waals surface area contributed by atoms with E-state index < -0.39 is 0 Å². The molecule has 0 amide bonds. The summed E-state index contributed by atoms with van der Waals surface area (Å²) >= 11 is 5.98. The van der Waals surface area contributed by atoms with Crippen LogP contribution in [0.15, 0.2) is 42.5 Å². The average molecular weight is 281 g/mol. The lowest BCUT2D eigenvalue weighted by Crippen LogP contribution is -1.88. The summed E-state index contributed by atoms with van der Waals surface area (Å²) in [6.07, 6.45) is 0. The van der Waals surface area contributed by atoms with Crippen LogP contribution in [0.1, 0.15) is 5.56 Å². The molecular formula is C13H10Cl2N2O. The Morgan fingerprint density at radius 3 is 2.33 bits per heavy atom. The van der Waals surface area contributed by atoms with E-state index in [1.165, 1.54) is 0 Å². The fourth-order valence-corrected chi connectivity index (χ4v) is 1.55. The van der Waals surface area contributed by atoms with E-state index >= 15 is 0 Å². The van der Waals surface area contributed by atoms with Crippen LogP contribution in [0.4, 0.5) is 5.69 Å². The molecule has 0 unspecified atom stereocenters. The van der Waals surface area contributed by atoms with E-state index in [-0.39, 0.29) is 12.4 Å². The zero-order chi connectivity index (χ0) is 12.3. The van der Waals surface area contributed by atoms with Crippen LogP contribution in [0, 0.1) is 11.3 Å². The molecule has 5 heteroatoms. The third-order valence-corrected chi connectivity index (χ3v) is 2.46. The van der Waals surface area contributed by atoms with Crippen molar-refractivity contribution in [3.8, 4) is 17.6 Å². The number of nitriles is 1. The normalized spacial score (nSPS) is 9.11. The summed E-state index contributed by atoms with van der Waals surface area (Å²) in [6.45, 7) is 0. The molecule has 0 aliphatic carbocycles. The number of nitrogens with zero attached hydrogens (tertiary/aromatic N) is 1. The lowest BCUT2D eigenvalue weighted by Gasteiger charge is -2.07. The Kier molecular flexibility index (Phi) is 4.85. The standard InChI is InChI=1S/C13H9ClN2O.ClH/c14-12-7-10(16)3-6-13(12)17-11-4-1-9(8-15)2-5-11;/h1-7H,16H2;1H. The Balaban J connectivity index is 0.00000162. The van der Waals surface area contributed by atoms with Crippen molar-refractivity contribution >= 4 is 29.7 Å². The summed E-state index contributed by atoms with van der Waals surface area (Å²) in [5, 5.41) is 9.12. The predicted molar refractivity (Wildman–Crippen MR) is 74.3 cm³/mol.